The number of benzene rings is 2. The van der Waals surface area contributed by atoms with Crippen molar-refractivity contribution < 1.29 is 9.53 Å². The van der Waals surface area contributed by atoms with Gasteiger partial charge in [0.2, 0.25) is 0 Å². The van der Waals surface area contributed by atoms with E-state index in [-0.39, 0.29) is 5.91 Å². The van der Waals surface area contributed by atoms with Gasteiger partial charge in [-0.3, -0.25) is 10.1 Å². The van der Waals surface area contributed by atoms with E-state index in [2.05, 4.69) is 40.3 Å². The van der Waals surface area contributed by atoms with Crippen LogP contribution < -0.4 is 10.2 Å². The Hall–Kier alpha value is -3.29. The second kappa shape index (κ2) is 9.91. The molecule has 2 aromatic carbocycles. The van der Waals surface area contributed by atoms with Crippen molar-refractivity contribution in [1.82, 2.24) is 9.97 Å². The van der Waals surface area contributed by atoms with Gasteiger partial charge in [0, 0.05) is 38.1 Å². The SMILES string of the molecule is COCCCc1ccc(N2CCc3cccc(C(=O)Nc4nc5ccccc5s4)c3C2)nc1C. The van der Waals surface area contributed by atoms with Crippen molar-refractivity contribution in [3.05, 3.63) is 82.5 Å². The van der Waals surface area contributed by atoms with Crippen molar-refractivity contribution in [1.29, 1.82) is 0 Å². The number of methoxy groups -OCH3 is 1. The van der Waals surface area contributed by atoms with E-state index in [1.165, 1.54) is 22.5 Å². The van der Waals surface area contributed by atoms with Gasteiger partial charge >= 0.3 is 0 Å². The molecule has 0 aliphatic carbocycles. The highest BCUT2D eigenvalue weighted by Crippen LogP contribution is 2.29. The molecule has 7 heteroatoms. The Labute approximate surface area is 203 Å². The number of para-hydroxylation sites is 1. The summed E-state index contributed by atoms with van der Waals surface area (Å²) in [5.41, 5.74) is 6.21. The first kappa shape index (κ1) is 22.5. The third-order valence-corrected chi connectivity index (χ3v) is 7.28. The van der Waals surface area contributed by atoms with Crippen molar-refractivity contribution in [3.63, 3.8) is 0 Å². The molecule has 0 fully saturated rings. The molecule has 0 atom stereocenters. The summed E-state index contributed by atoms with van der Waals surface area (Å²) in [6, 6.07) is 18.2. The molecule has 1 aliphatic heterocycles. The Morgan fingerprint density at radius 3 is 2.82 bits per heavy atom. The molecule has 0 saturated heterocycles. The first-order valence-electron chi connectivity index (χ1n) is 11.6. The molecule has 0 radical (unpaired) electrons. The number of ether oxygens (including phenoxy) is 1. The molecule has 0 bridgehead atoms. The fraction of sp³-hybridized carbons (Fsp3) is 0.296. The molecule has 1 N–H and O–H groups in total. The summed E-state index contributed by atoms with van der Waals surface area (Å²) >= 11 is 1.49. The highest BCUT2D eigenvalue weighted by molar-refractivity contribution is 7.22. The monoisotopic (exact) mass is 472 g/mol. The number of nitrogens with zero attached hydrogens (tertiary/aromatic N) is 3. The summed E-state index contributed by atoms with van der Waals surface area (Å²) in [7, 11) is 1.73. The van der Waals surface area contributed by atoms with Crippen molar-refractivity contribution >= 4 is 38.4 Å². The summed E-state index contributed by atoms with van der Waals surface area (Å²) in [6.45, 7) is 4.37. The lowest BCUT2D eigenvalue weighted by Crippen LogP contribution is -2.33. The van der Waals surface area contributed by atoms with Gasteiger partial charge in [0.05, 0.1) is 10.2 Å². The lowest BCUT2D eigenvalue weighted by Gasteiger charge is -2.31. The maximum atomic E-state index is 13.2. The molecular formula is C27H28N4O2S. The minimum absolute atomic E-state index is 0.115. The topological polar surface area (TPSA) is 67.3 Å². The van der Waals surface area contributed by atoms with Crippen LogP contribution in [0.3, 0.4) is 0 Å². The summed E-state index contributed by atoms with van der Waals surface area (Å²) in [4.78, 5) is 25.0. The van der Waals surface area contributed by atoms with Crippen molar-refractivity contribution in [2.75, 3.05) is 30.5 Å². The van der Waals surface area contributed by atoms with Crippen LogP contribution in [-0.2, 0) is 24.1 Å². The van der Waals surface area contributed by atoms with Crippen LogP contribution in [0.25, 0.3) is 10.2 Å². The standard InChI is InChI=1S/C27H28N4O2S/c1-18-19(8-6-16-33-2)12-13-25(28-18)31-15-14-20-7-5-9-21(22(20)17-31)26(32)30-27-29-23-10-3-4-11-24(23)34-27/h3-5,7,9-13H,6,8,14-17H2,1-2H3,(H,29,30,32). The highest BCUT2D eigenvalue weighted by atomic mass is 32.1. The van der Waals surface area contributed by atoms with Crippen LogP contribution in [0.5, 0.6) is 0 Å². The van der Waals surface area contributed by atoms with Crippen molar-refractivity contribution in [2.45, 2.75) is 32.7 Å². The van der Waals surface area contributed by atoms with E-state index in [1.807, 2.05) is 36.4 Å². The number of carbonyl (C=O) groups is 1. The van der Waals surface area contributed by atoms with E-state index in [1.54, 1.807) is 7.11 Å². The van der Waals surface area contributed by atoms with Gasteiger partial charge in [-0.2, -0.15) is 0 Å². The molecule has 5 rings (SSSR count). The first-order chi connectivity index (χ1) is 16.6. The average Bonchev–Trinajstić information content (AvgIpc) is 3.26. The van der Waals surface area contributed by atoms with Gasteiger partial charge in [0.1, 0.15) is 5.82 Å². The van der Waals surface area contributed by atoms with E-state index in [4.69, 9.17) is 9.72 Å². The van der Waals surface area contributed by atoms with E-state index in [0.717, 1.165) is 59.7 Å². The molecule has 0 unspecified atom stereocenters. The highest BCUT2D eigenvalue weighted by Gasteiger charge is 2.23. The average molecular weight is 473 g/mol. The van der Waals surface area contributed by atoms with Crippen LogP contribution in [0, 0.1) is 6.92 Å². The molecule has 174 valence electrons. The maximum Gasteiger partial charge on any atom is 0.257 e. The second-order valence-electron chi connectivity index (χ2n) is 8.57. The minimum atomic E-state index is -0.115. The number of hydrogen-bond acceptors (Lipinski definition) is 6. The molecule has 0 spiro atoms. The van der Waals surface area contributed by atoms with E-state index in [9.17, 15) is 4.79 Å². The minimum Gasteiger partial charge on any atom is -0.385 e. The summed E-state index contributed by atoms with van der Waals surface area (Å²) in [6.07, 6.45) is 2.84. The Bertz CT molecular complexity index is 1300. The van der Waals surface area contributed by atoms with Crippen LogP contribution >= 0.6 is 11.3 Å². The van der Waals surface area contributed by atoms with Crippen LogP contribution in [-0.4, -0.2) is 36.1 Å². The maximum absolute atomic E-state index is 13.2. The van der Waals surface area contributed by atoms with Gasteiger partial charge in [-0.05, 0) is 67.1 Å². The van der Waals surface area contributed by atoms with E-state index in [0.29, 0.717) is 17.2 Å². The summed E-state index contributed by atoms with van der Waals surface area (Å²) in [5.74, 6) is 0.843. The third kappa shape index (κ3) is 4.67. The number of amides is 1. The summed E-state index contributed by atoms with van der Waals surface area (Å²) < 4.78 is 6.24. The fourth-order valence-electron chi connectivity index (χ4n) is 4.50. The molecule has 2 aromatic heterocycles. The van der Waals surface area contributed by atoms with Crippen LogP contribution in [0.1, 0.15) is 39.2 Å². The number of aromatic nitrogens is 2. The largest absolute Gasteiger partial charge is 0.385 e. The normalized spacial score (nSPS) is 13.2. The Morgan fingerprint density at radius 1 is 1.12 bits per heavy atom. The zero-order valence-corrected chi connectivity index (χ0v) is 20.3. The number of pyridine rings is 1. The van der Waals surface area contributed by atoms with Crippen LogP contribution in [0.2, 0.25) is 0 Å². The van der Waals surface area contributed by atoms with Gasteiger partial charge in [0.25, 0.3) is 5.91 Å². The van der Waals surface area contributed by atoms with E-state index >= 15 is 0 Å². The van der Waals surface area contributed by atoms with Gasteiger partial charge in [-0.15, -0.1) is 0 Å². The van der Waals surface area contributed by atoms with Crippen molar-refractivity contribution in [2.24, 2.45) is 0 Å². The Balaban J connectivity index is 1.35. The molecule has 0 saturated carbocycles. The number of aryl methyl sites for hydroxylation is 2. The zero-order valence-electron chi connectivity index (χ0n) is 19.5. The third-order valence-electron chi connectivity index (χ3n) is 6.33. The number of nitrogens with one attached hydrogen (secondary N) is 1. The number of fused-ring (bicyclic) bond motifs is 2. The molecular weight excluding hydrogens is 444 g/mol. The Kier molecular flexibility index (Phi) is 6.56. The van der Waals surface area contributed by atoms with Gasteiger partial charge in [-0.25, -0.2) is 9.97 Å². The molecule has 4 aromatic rings. The summed E-state index contributed by atoms with van der Waals surface area (Å²) in [5, 5.41) is 3.64. The van der Waals surface area contributed by atoms with Crippen LogP contribution in [0.4, 0.5) is 10.9 Å². The zero-order chi connectivity index (χ0) is 23.5. The molecule has 1 amide bonds. The van der Waals surface area contributed by atoms with Gasteiger partial charge < -0.3 is 9.64 Å². The first-order valence-corrected chi connectivity index (χ1v) is 12.4. The molecule has 3 heterocycles. The smallest absolute Gasteiger partial charge is 0.257 e. The molecule has 6 nitrogen and oxygen atoms in total. The van der Waals surface area contributed by atoms with E-state index < -0.39 is 0 Å². The van der Waals surface area contributed by atoms with Gasteiger partial charge in [-0.1, -0.05) is 41.7 Å². The number of carbonyl (C=O) groups excluding carboxylic acids is 1. The number of rotatable bonds is 7. The number of thiazole rings is 1. The molecule has 1 aliphatic rings. The van der Waals surface area contributed by atoms with Crippen molar-refractivity contribution in [3.8, 4) is 0 Å². The van der Waals surface area contributed by atoms with Gasteiger partial charge in [0.15, 0.2) is 5.13 Å². The Morgan fingerprint density at radius 2 is 2.00 bits per heavy atom. The fourth-order valence-corrected chi connectivity index (χ4v) is 5.36. The van der Waals surface area contributed by atoms with Crippen LogP contribution in [0.15, 0.2) is 54.6 Å². The quantitative estimate of drug-likeness (QED) is 0.365. The predicted molar refractivity (Wildman–Crippen MR) is 138 cm³/mol. The predicted octanol–water partition coefficient (Wildman–Crippen LogP) is 5.39. The number of hydrogen-bond donors (Lipinski definition) is 1. The molecule has 34 heavy (non-hydrogen) atoms. The lowest BCUT2D eigenvalue weighted by atomic mass is 9.94. The number of anilines is 2. The second-order valence-corrected chi connectivity index (χ2v) is 9.60. The lowest BCUT2D eigenvalue weighted by molar-refractivity contribution is 0.102.